The Kier molecular flexibility index (Phi) is 7.26. The molecule has 0 fully saturated rings. The van der Waals surface area contributed by atoms with Crippen LogP contribution in [0.1, 0.15) is 30.5 Å². The fourth-order valence-electron chi connectivity index (χ4n) is 4.78. The maximum atomic E-state index is 2.45. The van der Waals surface area contributed by atoms with E-state index in [1.54, 1.807) is 0 Å². The third-order valence-corrected chi connectivity index (χ3v) is 8.19. The Morgan fingerprint density at radius 2 is 1.64 bits per heavy atom. The van der Waals surface area contributed by atoms with Crippen LogP contribution in [0.5, 0.6) is 0 Å². The molecule has 5 rings (SSSR count). The van der Waals surface area contributed by atoms with Crippen LogP contribution in [0.2, 0.25) is 0 Å². The summed E-state index contributed by atoms with van der Waals surface area (Å²) in [4.78, 5) is 6.05. The van der Waals surface area contributed by atoms with E-state index in [2.05, 4.69) is 140 Å². The van der Waals surface area contributed by atoms with Gasteiger partial charge in [-0.1, -0.05) is 74.1 Å². The molecule has 1 aliphatic rings. The molecule has 0 unspecified atom stereocenters. The molecule has 0 saturated carbocycles. The first-order valence-electron chi connectivity index (χ1n) is 12.7. The number of allylic oxidation sites excluding steroid dienone is 2. The quantitative estimate of drug-likeness (QED) is 0.254. The summed E-state index contributed by atoms with van der Waals surface area (Å²) in [7, 11) is 4.27. The summed E-state index contributed by atoms with van der Waals surface area (Å²) >= 11 is 1.84. The van der Waals surface area contributed by atoms with Gasteiger partial charge < -0.3 is 4.90 Å². The third-order valence-electron chi connectivity index (χ3n) is 7.02. The summed E-state index contributed by atoms with van der Waals surface area (Å²) in [6.07, 6.45) is 6.83. The van der Waals surface area contributed by atoms with Gasteiger partial charge in [0.05, 0.1) is 16.1 Å². The average Bonchev–Trinajstić information content (AvgIpc) is 3.24. The van der Waals surface area contributed by atoms with E-state index in [0.717, 1.165) is 19.6 Å². The Morgan fingerprint density at radius 1 is 0.917 bits per heavy atom. The summed E-state index contributed by atoms with van der Waals surface area (Å²) < 4.78 is 2.18. The number of rotatable bonds is 7. The summed E-state index contributed by atoms with van der Waals surface area (Å²) in [5.41, 5.74) is 7.52. The number of thioether (sulfide) groups is 1. The highest BCUT2D eigenvalue weighted by Crippen LogP contribution is 2.45. The molecule has 0 atom stereocenters. The molecule has 2 heterocycles. The lowest BCUT2D eigenvalue weighted by atomic mass is 9.99. The molecule has 4 aromatic rings. The zero-order valence-electron chi connectivity index (χ0n) is 21.6. The van der Waals surface area contributed by atoms with Crippen molar-refractivity contribution in [1.82, 2.24) is 4.90 Å². The molecule has 0 amide bonds. The van der Waals surface area contributed by atoms with Gasteiger partial charge in [-0.3, -0.25) is 4.90 Å². The van der Waals surface area contributed by atoms with E-state index in [9.17, 15) is 0 Å². The molecule has 0 spiro atoms. The summed E-state index contributed by atoms with van der Waals surface area (Å²) in [5.74, 6) is 0. The zero-order valence-corrected chi connectivity index (χ0v) is 22.4. The van der Waals surface area contributed by atoms with Crippen LogP contribution in [0, 0.1) is 0 Å². The molecular weight excluding hydrogens is 458 g/mol. The van der Waals surface area contributed by atoms with Crippen LogP contribution >= 0.6 is 11.8 Å². The van der Waals surface area contributed by atoms with Crippen molar-refractivity contribution in [3.63, 3.8) is 0 Å². The van der Waals surface area contributed by atoms with Crippen molar-refractivity contribution in [2.75, 3.05) is 25.0 Å². The zero-order chi connectivity index (χ0) is 25.1. The maximum Gasteiger partial charge on any atom is 0.212 e. The van der Waals surface area contributed by atoms with Gasteiger partial charge in [0.2, 0.25) is 5.52 Å². The van der Waals surface area contributed by atoms with E-state index in [1.807, 2.05) is 11.8 Å². The van der Waals surface area contributed by atoms with E-state index in [4.69, 9.17) is 0 Å². The van der Waals surface area contributed by atoms with Gasteiger partial charge in [-0.15, -0.1) is 0 Å². The second-order valence-electron chi connectivity index (χ2n) is 9.27. The van der Waals surface area contributed by atoms with E-state index >= 15 is 0 Å². The van der Waals surface area contributed by atoms with Crippen molar-refractivity contribution in [1.29, 1.82) is 0 Å². The highest BCUT2D eigenvalue weighted by atomic mass is 32.2. The van der Waals surface area contributed by atoms with Crippen LogP contribution in [0.25, 0.3) is 22.6 Å². The molecule has 0 bridgehead atoms. The van der Waals surface area contributed by atoms with E-state index in [1.165, 1.54) is 48.8 Å². The molecule has 3 nitrogen and oxygen atoms in total. The monoisotopic (exact) mass is 492 g/mol. The SMILES string of the molecule is CCN(CC)Cc1ccc(C(=C\c2cc[n+](C)c3ccccc23)/C=C2/Sc3ccccc3N2C)cc1. The largest absolute Gasteiger partial charge is 0.338 e. The number of benzene rings is 3. The number of para-hydroxylation sites is 2. The van der Waals surface area contributed by atoms with Gasteiger partial charge in [0.15, 0.2) is 6.20 Å². The van der Waals surface area contributed by atoms with Crippen molar-refractivity contribution in [3.05, 3.63) is 113 Å². The van der Waals surface area contributed by atoms with Crippen LogP contribution in [-0.2, 0) is 13.6 Å². The van der Waals surface area contributed by atoms with Gasteiger partial charge in [-0.05, 0) is 65.7 Å². The highest BCUT2D eigenvalue weighted by molar-refractivity contribution is 8.03. The van der Waals surface area contributed by atoms with Gasteiger partial charge in [0.1, 0.15) is 7.05 Å². The van der Waals surface area contributed by atoms with Crippen molar-refractivity contribution in [2.24, 2.45) is 7.05 Å². The second-order valence-corrected chi connectivity index (χ2v) is 10.3. The first kappa shape index (κ1) is 24.4. The minimum absolute atomic E-state index is 0.987. The first-order chi connectivity index (χ1) is 17.6. The van der Waals surface area contributed by atoms with Crippen molar-refractivity contribution < 1.29 is 4.57 Å². The predicted octanol–water partition coefficient (Wildman–Crippen LogP) is 7.13. The Labute approximate surface area is 219 Å². The number of hydrogen-bond acceptors (Lipinski definition) is 3. The number of anilines is 1. The molecule has 182 valence electrons. The standard InChI is InChI=1S/C32H34N3S/c1-5-35(6-2)23-24-15-17-25(18-16-24)27(22-32-34(4)30-13-9-10-14-31(30)36-32)21-26-19-20-33(3)29-12-8-7-11-28(26)29/h7-22H,5-6,23H2,1-4H3/q+1. The predicted molar refractivity (Wildman–Crippen MR) is 155 cm³/mol. The Morgan fingerprint density at radius 3 is 2.39 bits per heavy atom. The van der Waals surface area contributed by atoms with Crippen LogP contribution < -0.4 is 9.47 Å². The van der Waals surface area contributed by atoms with Crippen molar-refractivity contribution >= 4 is 40.0 Å². The molecule has 0 aliphatic carbocycles. The lowest BCUT2D eigenvalue weighted by Crippen LogP contribution is -2.28. The van der Waals surface area contributed by atoms with Gasteiger partial charge in [0.25, 0.3) is 0 Å². The van der Waals surface area contributed by atoms with Gasteiger partial charge in [0, 0.05) is 30.6 Å². The lowest BCUT2D eigenvalue weighted by Gasteiger charge is -2.18. The van der Waals surface area contributed by atoms with Gasteiger partial charge in [-0.25, -0.2) is 4.57 Å². The number of nitrogens with zero attached hydrogens (tertiary/aromatic N) is 3. The smallest absolute Gasteiger partial charge is 0.212 e. The van der Waals surface area contributed by atoms with Gasteiger partial charge in [-0.2, -0.15) is 0 Å². The fraction of sp³-hybridized carbons (Fsp3) is 0.219. The highest BCUT2D eigenvalue weighted by Gasteiger charge is 2.22. The van der Waals surface area contributed by atoms with Crippen LogP contribution in [-0.4, -0.2) is 25.0 Å². The minimum Gasteiger partial charge on any atom is -0.338 e. The van der Waals surface area contributed by atoms with E-state index in [0.29, 0.717) is 0 Å². The average molecular weight is 493 g/mol. The summed E-state index contributed by atoms with van der Waals surface area (Å²) in [5, 5.41) is 2.49. The number of aromatic nitrogens is 1. The molecule has 0 saturated heterocycles. The van der Waals surface area contributed by atoms with E-state index in [-0.39, 0.29) is 0 Å². The topological polar surface area (TPSA) is 10.4 Å². The van der Waals surface area contributed by atoms with E-state index < -0.39 is 0 Å². The Hall–Kier alpha value is -3.34. The summed E-state index contributed by atoms with van der Waals surface area (Å²) in [6, 6.07) is 28.6. The molecule has 1 aromatic heterocycles. The third kappa shape index (κ3) is 4.97. The maximum absolute atomic E-state index is 2.45. The molecule has 1 aliphatic heterocycles. The molecule has 4 heteroatoms. The molecule has 0 N–H and O–H groups in total. The number of hydrogen-bond donors (Lipinski definition) is 0. The minimum atomic E-state index is 0.987. The van der Waals surface area contributed by atoms with Crippen molar-refractivity contribution in [3.8, 4) is 0 Å². The Bertz CT molecular complexity index is 1430. The van der Waals surface area contributed by atoms with Crippen LogP contribution in [0.15, 0.2) is 101 Å². The van der Waals surface area contributed by atoms with Gasteiger partial charge >= 0.3 is 0 Å². The molecule has 3 aromatic carbocycles. The molecular formula is C32H34N3S+. The van der Waals surface area contributed by atoms with Crippen LogP contribution in [0.4, 0.5) is 5.69 Å². The fourth-order valence-corrected chi connectivity index (χ4v) is 5.88. The number of aryl methyl sites for hydroxylation is 1. The first-order valence-corrected chi connectivity index (χ1v) is 13.5. The van der Waals surface area contributed by atoms with Crippen LogP contribution in [0.3, 0.4) is 0 Å². The Balaban J connectivity index is 1.59. The summed E-state index contributed by atoms with van der Waals surface area (Å²) in [6.45, 7) is 7.57. The second kappa shape index (κ2) is 10.7. The lowest BCUT2D eigenvalue weighted by molar-refractivity contribution is -0.644. The normalized spacial score (nSPS) is 14.8. The number of pyridine rings is 1. The molecule has 36 heavy (non-hydrogen) atoms. The van der Waals surface area contributed by atoms with Crippen molar-refractivity contribution in [2.45, 2.75) is 25.3 Å². The number of fused-ring (bicyclic) bond motifs is 2. The molecule has 0 radical (unpaired) electrons.